The molecule has 0 spiro atoms. The molecule has 0 aliphatic heterocycles. The van der Waals surface area contributed by atoms with Crippen LogP contribution >= 0.6 is 23.2 Å². The van der Waals surface area contributed by atoms with Crippen LogP contribution in [0.15, 0.2) is 6.07 Å². The Morgan fingerprint density at radius 3 is 1.53 bits per heavy atom. The number of hydrogen-bond acceptors (Lipinski definition) is 2. The largest absolute Gasteiger partial charge is 0.495 e. The monoisotopic (exact) mass is 250 g/mol. The van der Waals surface area contributed by atoms with E-state index in [2.05, 4.69) is 0 Å². The maximum atomic E-state index is 5.96. The molecule has 15 heavy (non-hydrogen) atoms. The molecule has 0 aliphatic carbocycles. The van der Waals surface area contributed by atoms with E-state index in [0.29, 0.717) is 21.5 Å². The molecule has 0 saturated heterocycles. The topological polar surface area (TPSA) is 18.5 Å². The maximum absolute atomic E-state index is 5.96. The summed E-state index contributed by atoms with van der Waals surface area (Å²) in [5.74, 6) is 1.14. The Kier molecular flexibility index (Phi) is 6.53. The second-order valence-corrected chi connectivity index (χ2v) is 3.29. The van der Waals surface area contributed by atoms with Gasteiger partial charge in [-0.25, -0.2) is 0 Å². The summed E-state index contributed by atoms with van der Waals surface area (Å²) in [5.41, 5.74) is 0.763. The Bertz CT molecular complexity index is 297. The molecule has 1 aromatic carbocycles. The van der Waals surface area contributed by atoms with Crippen LogP contribution in [-0.2, 0) is 0 Å². The van der Waals surface area contributed by atoms with Crippen LogP contribution in [0.4, 0.5) is 0 Å². The molecule has 0 aromatic heterocycles. The fourth-order valence-electron chi connectivity index (χ4n) is 1.01. The fraction of sp³-hybridized carbons (Fsp3) is 0.455. The number of halogens is 2. The Labute approximate surface area is 101 Å². The van der Waals surface area contributed by atoms with Gasteiger partial charge in [0.25, 0.3) is 0 Å². The van der Waals surface area contributed by atoms with E-state index >= 15 is 0 Å². The molecule has 0 unspecified atom stereocenters. The summed E-state index contributed by atoms with van der Waals surface area (Å²) in [5, 5.41) is 1.04. The van der Waals surface area contributed by atoms with Crippen LogP contribution in [-0.4, -0.2) is 14.2 Å². The molecule has 4 heteroatoms. The van der Waals surface area contributed by atoms with E-state index in [1.807, 2.05) is 20.8 Å². The molecule has 0 aliphatic rings. The second kappa shape index (κ2) is 6.81. The highest BCUT2D eigenvalue weighted by Crippen LogP contribution is 2.39. The van der Waals surface area contributed by atoms with E-state index < -0.39 is 0 Å². The lowest BCUT2D eigenvalue weighted by molar-refractivity contribution is 0.394. The molecule has 0 fully saturated rings. The van der Waals surface area contributed by atoms with Crippen LogP contribution in [0, 0.1) is 6.92 Å². The van der Waals surface area contributed by atoms with E-state index in [-0.39, 0.29) is 0 Å². The Balaban J connectivity index is 0.000000921. The van der Waals surface area contributed by atoms with Crippen LogP contribution in [0.3, 0.4) is 0 Å². The molecule has 1 rings (SSSR count). The molecule has 0 N–H and O–H groups in total. The minimum atomic E-state index is 0.522. The van der Waals surface area contributed by atoms with Crippen molar-refractivity contribution in [2.24, 2.45) is 0 Å². The van der Waals surface area contributed by atoms with Gasteiger partial charge < -0.3 is 9.47 Å². The Morgan fingerprint density at radius 2 is 1.27 bits per heavy atom. The van der Waals surface area contributed by atoms with E-state index in [9.17, 15) is 0 Å². The van der Waals surface area contributed by atoms with Gasteiger partial charge in [-0.2, -0.15) is 0 Å². The number of ether oxygens (including phenoxy) is 2. The van der Waals surface area contributed by atoms with Gasteiger partial charge in [0.1, 0.15) is 11.5 Å². The summed E-state index contributed by atoms with van der Waals surface area (Å²) >= 11 is 11.9. The van der Waals surface area contributed by atoms with Crippen molar-refractivity contribution in [1.82, 2.24) is 0 Å². The highest BCUT2D eigenvalue weighted by Gasteiger charge is 2.12. The third-order valence-corrected chi connectivity index (χ3v) is 2.73. The van der Waals surface area contributed by atoms with Crippen molar-refractivity contribution in [3.8, 4) is 11.5 Å². The number of rotatable bonds is 2. The molecule has 0 saturated carbocycles. The third-order valence-electron chi connectivity index (χ3n) is 1.79. The lowest BCUT2D eigenvalue weighted by atomic mass is 10.2. The smallest absolute Gasteiger partial charge is 0.141 e. The van der Waals surface area contributed by atoms with E-state index in [0.717, 1.165) is 5.56 Å². The molecule has 0 atom stereocenters. The van der Waals surface area contributed by atoms with Crippen LogP contribution < -0.4 is 9.47 Å². The molecular formula is C11H16Cl2O2. The van der Waals surface area contributed by atoms with E-state index in [4.69, 9.17) is 32.7 Å². The summed E-state index contributed by atoms with van der Waals surface area (Å²) in [4.78, 5) is 0. The summed E-state index contributed by atoms with van der Waals surface area (Å²) in [6, 6.07) is 1.66. The summed E-state index contributed by atoms with van der Waals surface area (Å²) in [7, 11) is 3.10. The molecule has 1 aromatic rings. The van der Waals surface area contributed by atoms with Gasteiger partial charge in [0.15, 0.2) is 0 Å². The van der Waals surface area contributed by atoms with Gasteiger partial charge in [0.2, 0.25) is 0 Å². The summed E-state index contributed by atoms with van der Waals surface area (Å²) in [6.07, 6.45) is 0. The van der Waals surface area contributed by atoms with Gasteiger partial charge in [0, 0.05) is 6.07 Å². The van der Waals surface area contributed by atoms with Gasteiger partial charge in [-0.15, -0.1) is 0 Å². The fourth-order valence-corrected chi connectivity index (χ4v) is 1.51. The van der Waals surface area contributed by atoms with Crippen molar-refractivity contribution >= 4 is 23.2 Å². The van der Waals surface area contributed by atoms with Crippen molar-refractivity contribution in [2.75, 3.05) is 14.2 Å². The van der Waals surface area contributed by atoms with Gasteiger partial charge in [0.05, 0.1) is 24.3 Å². The average molecular weight is 251 g/mol. The predicted molar refractivity (Wildman–Crippen MR) is 65.7 cm³/mol. The van der Waals surface area contributed by atoms with Crippen molar-refractivity contribution in [3.05, 3.63) is 21.7 Å². The summed E-state index contributed by atoms with van der Waals surface area (Å²) in [6.45, 7) is 5.82. The molecule has 0 heterocycles. The van der Waals surface area contributed by atoms with Crippen LogP contribution in [0.5, 0.6) is 11.5 Å². The van der Waals surface area contributed by atoms with Crippen molar-refractivity contribution in [3.63, 3.8) is 0 Å². The lowest BCUT2D eigenvalue weighted by Crippen LogP contribution is -1.92. The Morgan fingerprint density at radius 1 is 0.933 bits per heavy atom. The van der Waals surface area contributed by atoms with Crippen molar-refractivity contribution in [2.45, 2.75) is 20.8 Å². The summed E-state index contributed by atoms with van der Waals surface area (Å²) < 4.78 is 10.1. The van der Waals surface area contributed by atoms with Crippen LogP contribution in [0.25, 0.3) is 0 Å². The standard InChI is InChI=1S/C9H10Cl2O2.C2H6/c1-5-8(10)6(12-2)4-7(13-3)9(5)11;1-2/h4H,1-3H3;1-2H3. The van der Waals surface area contributed by atoms with Crippen molar-refractivity contribution in [1.29, 1.82) is 0 Å². The average Bonchev–Trinajstić information content (AvgIpc) is 2.29. The molecule has 0 bridgehead atoms. The van der Waals surface area contributed by atoms with Gasteiger partial charge in [-0.1, -0.05) is 37.0 Å². The second-order valence-electron chi connectivity index (χ2n) is 2.53. The first-order chi connectivity index (χ1) is 7.11. The highest BCUT2D eigenvalue weighted by molar-refractivity contribution is 6.37. The minimum absolute atomic E-state index is 0.522. The SMILES string of the molecule is CC.COc1cc(OC)c(Cl)c(C)c1Cl. The first-order valence-electron chi connectivity index (χ1n) is 4.68. The number of hydrogen-bond donors (Lipinski definition) is 0. The van der Waals surface area contributed by atoms with Gasteiger partial charge in [-0.05, 0) is 12.5 Å². The van der Waals surface area contributed by atoms with E-state index in [1.54, 1.807) is 20.3 Å². The van der Waals surface area contributed by atoms with Gasteiger partial charge in [-0.3, -0.25) is 0 Å². The van der Waals surface area contributed by atoms with Crippen LogP contribution in [0.2, 0.25) is 10.0 Å². The minimum Gasteiger partial charge on any atom is -0.495 e. The zero-order valence-electron chi connectivity index (χ0n) is 9.65. The molecule has 0 radical (unpaired) electrons. The number of benzene rings is 1. The quantitative estimate of drug-likeness (QED) is 0.778. The van der Waals surface area contributed by atoms with Crippen molar-refractivity contribution < 1.29 is 9.47 Å². The lowest BCUT2D eigenvalue weighted by Gasteiger charge is -2.11. The van der Waals surface area contributed by atoms with Gasteiger partial charge >= 0.3 is 0 Å². The third kappa shape index (κ3) is 3.18. The van der Waals surface area contributed by atoms with Crippen LogP contribution in [0.1, 0.15) is 19.4 Å². The molecule has 2 nitrogen and oxygen atoms in total. The zero-order chi connectivity index (χ0) is 12.0. The predicted octanol–water partition coefficient (Wildman–Crippen LogP) is 4.35. The molecule has 0 amide bonds. The molecule has 86 valence electrons. The highest BCUT2D eigenvalue weighted by atomic mass is 35.5. The molecular weight excluding hydrogens is 235 g/mol. The maximum Gasteiger partial charge on any atom is 0.141 e. The first-order valence-corrected chi connectivity index (χ1v) is 5.44. The normalized spacial score (nSPS) is 9.00. The zero-order valence-corrected chi connectivity index (χ0v) is 11.2. The Hall–Kier alpha value is -0.600. The number of methoxy groups -OCH3 is 2. The first kappa shape index (κ1) is 14.4. The van der Waals surface area contributed by atoms with E-state index in [1.165, 1.54) is 0 Å².